The van der Waals surface area contributed by atoms with Crippen molar-refractivity contribution in [2.24, 2.45) is 5.92 Å². The van der Waals surface area contributed by atoms with Crippen LogP contribution in [0.5, 0.6) is 0 Å². The second kappa shape index (κ2) is 6.80. The highest BCUT2D eigenvalue weighted by molar-refractivity contribution is 5.78. The van der Waals surface area contributed by atoms with E-state index < -0.39 is 0 Å². The van der Waals surface area contributed by atoms with Crippen LogP contribution >= 0.6 is 0 Å². The van der Waals surface area contributed by atoms with E-state index in [0.29, 0.717) is 13.0 Å². The molecule has 0 bridgehead atoms. The summed E-state index contributed by atoms with van der Waals surface area (Å²) in [5.74, 6) is -0.433. The van der Waals surface area contributed by atoms with Crippen LogP contribution in [-0.4, -0.2) is 10.9 Å². The fourth-order valence-corrected chi connectivity index (χ4v) is 1.93. The number of pyridine rings is 1. The topological polar surface area (TPSA) is 42.0 Å². The van der Waals surface area contributed by atoms with E-state index in [2.05, 4.69) is 10.3 Å². The van der Waals surface area contributed by atoms with Gasteiger partial charge in [-0.25, -0.2) is 4.39 Å². The molecule has 0 saturated carbocycles. The van der Waals surface area contributed by atoms with E-state index in [4.69, 9.17) is 0 Å². The Labute approximate surface area is 117 Å². The van der Waals surface area contributed by atoms with Gasteiger partial charge in [0.05, 0.1) is 0 Å². The molecule has 1 amide bonds. The standard InChI is InChI=1S/C16H17FN2O/c1-12(9-13-4-6-15(17)7-5-13)16(20)19-11-14-3-2-8-18-10-14/h2-8,10,12H,9,11H2,1H3,(H,19,20). The van der Waals surface area contributed by atoms with Gasteiger partial charge in [-0.3, -0.25) is 9.78 Å². The lowest BCUT2D eigenvalue weighted by molar-refractivity contribution is -0.124. The number of benzene rings is 1. The van der Waals surface area contributed by atoms with Crippen molar-refractivity contribution in [2.75, 3.05) is 0 Å². The Morgan fingerprint density at radius 2 is 2.00 bits per heavy atom. The fraction of sp³-hybridized carbons (Fsp3) is 0.250. The maximum atomic E-state index is 12.8. The number of carbonyl (C=O) groups is 1. The van der Waals surface area contributed by atoms with Crippen molar-refractivity contribution in [3.63, 3.8) is 0 Å². The van der Waals surface area contributed by atoms with Gasteiger partial charge in [0.15, 0.2) is 0 Å². The van der Waals surface area contributed by atoms with Crippen LogP contribution in [0, 0.1) is 11.7 Å². The first-order chi connectivity index (χ1) is 9.65. The summed E-state index contributed by atoms with van der Waals surface area (Å²) in [4.78, 5) is 16.0. The van der Waals surface area contributed by atoms with Crippen LogP contribution in [0.3, 0.4) is 0 Å². The van der Waals surface area contributed by atoms with E-state index in [-0.39, 0.29) is 17.6 Å². The van der Waals surface area contributed by atoms with Gasteiger partial charge in [-0.1, -0.05) is 25.1 Å². The molecule has 1 heterocycles. The number of aromatic nitrogens is 1. The van der Waals surface area contributed by atoms with Gasteiger partial charge in [-0.05, 0) is 35.7 Å². The maximum absolute atomic E-state index is 12.8. The van der Waals surface area contributed by atoms with Gasteiger partial charge in [0.25, 0.3) is 0 Å². The summed E-state index contributed by atoms with van der Waals surface area (Å²) in [7, 11) is 0. The highest BCUT2D eigenvalue weighted by Crippen LogP contribution is 2.10. The summed E-state index contributed by atoms with van der Waals surface area (Å²) in [6.45, 7) is 2.34. The lowest BCUT2D eigenvalue weighted by atomic mass is 10.0. The molecule has 104 valence electrons. The molecule has 2 aromatic rings. The molecule has 0 radical (unpaired) electrons. The van der Waals surface area contributed by atoms with Gasteiger partial charge < -0.3 is 5.32 Å². The molecule has 0 saturated heterocycles. The highest BCUT2D eigenvalue weighted by Gasteiger charge is 2.13. The average Bonchev–Trinajstić information content (AvgIpc) is 2.48. The molecule has 0 spiro atoms. The van der Waals surface area contributed by atoms with Crippen LogP contribution < -0.4 is 5.32 Å². The number of amides is 1. The molecule has 0 aliphatic heterocycles. The van der Waals surface area contributed by atoms with Crippen LogP contribution in [0.4, 0.5) is 4.39 Å². The summed E-state index contributed by atoms with van der Waals surface area (Å²) in [5, 5.41) is 2.88. The SMILES string of the molecule is CC(Cc1ccc(F)cc1)C(=O)NCc1cccnc1. The predicted molar refractivity (Wildman–Crippen MR) is 75.4 cm³/mol. The molecular formula is C16H17FN2O. The number of nitrogens with one attached hydrogen (secondary N) is 1. The molecule has 20 heavy (non-hydrogen) atoms. The quantitative estimate of drug-likeness (QED) is 0.909. The first-order valence-corrected chi connectivity index (χ1v) is 6.56. The van der Waals surface area contributed by atoms with Gasteiger partial charge in [0.1, 0.15) is 5.82 Å². The number of nitrogens with zero attached hydrogens (tertiary/aromatic N) is 1. The Balaban J connectivity index is 1.84. The Morgan fingerprint density at radius 1 is 1.25 bits per heavy atom. The maximum Gasteiger partial charge on any atom is 0.223 e. The molecule has 1 unspecified atom stereocenters. The summed E-state index contributed by atoms with van der Waals surface area (Å²) < 4.78 is 12.8. The van der Waals surface area contributed by atoms with Crippen LogP contribution in [-0.2, 0) is 17.8 Å². The molecule has 1 atom stereocenters. The molecule has 1 aromatic heterocycles. The van der Waals surface area contributed by atoms with Crippen LogP contribution in [0.15, 0.2) is 48.8 Å². The molecule has 1 N–H and O–H groups in total. The zero-order valence-corrected chi connectivity index (χ0v) is 11.3. The fourth-order valence-electron chi connectivity index (χ4n) is 1.93. The van der Waals surface area contributed by atoms with Crippen LogP contribution in [0.1, 0.15) is 18.1 Å². The van der Waals surface area contributed by atoms with Crippen LogP contribution in [0.25, 0.3) is 0 Å². The van der Waals surface area contributed by atoms with Crippen molar-refractivity contribution in [1.82, 2.24) is 10.3 Å². The number of hydrogen-bond donors (Lipinski definition) is 1. The number of rotatable bonds is 5. The Bertz CT molecular complexity index is 554. The Morgan fingerprint density at radius 3 is 2.65 bits per heavy atom. The van der Waals surface area contributed by atoms with Gasteiger partial charge in [0.2, 0.25) is 5.91 Å². The average molecular weight is 272 g/mol. The second-order valence-corrected chi connectivity index (χ2v) is 4.81. The van der Waals surface area contributed by atoms with E-state index in [1.807, 2.05) is 19.1 Å². The van der Waals surface area contributed by atoms with E-state index in [9.17, 15) is 9.18 Å². The number of halogens is 1. The minimum absolute atomic E-state index is 0.0156. The first kappa shape index (κ1) is 14.2. The summed E-state index contributed by atoms with van der Waals surface area (Å²) in [5.41, 5.74) is 1.92. The van der Waals surface area contributed by atoms with E-state index in [0.717, 1.165) is 11.1 Å². The van der Waals surface area contributed by atoms with E-state index in [1.54, 1.807) is 24.5 Å². The van der Waals surface area contributed by atoms with Crippen molar-refractivity contribution in [3.05, 3.63) is 65.7 Å². The largest absolute Gasteiger partial charge is 0.352 e. The summed E-state index contributed by atoms with van der Waals surface area (Å²) in [6, 6.07) is 9.99. The Kier molecular flexibility index (Phi) is 4.82. The lowest BCUT2D eigenvalue weighted by Gasteiger charge is -2.12. The normalized spacial score (nSPS) is 11.9. The van der Waals surface area contributed by atoms with E-state index in [1.165, 1.54) is 12.1 Å². The molecule has 2 rings (SSSR count). The van der Waals surface area contributed by atoms with Gasteiger partial charge in [0, 0.05) is 24.9 Å². The molecule has 0 aliphatic carbocycles. The molecule has 3 nitrogen and oxygen atoms in total. The molecule has 0 aliphatic rings. The smallest absolute Gasteiger partial charge is 0.223 e. The number of carbonyl (C=O) groups excluding carboxylic acids is 1. The minimum atomic E-state index is -0.262. The monoisotopic (exact) mass is 272 g/mol. The number of hydrogen-bond acceptors (Lipinski definition) is 2. The third kappa shape index (κ3) is 4.16. The third-order valence-corrected chi connectivity index (χ3v) is 3.09. The first-order valence-electron chi connectivity index (χ1n) is 6.56. The zero-order valence-electron chi connectivity index (χ0n) is 11.3. The van der Waals surface area contributed by atoms with Crippen molar-refractivity contribution in [2.45, 2.75) is 19.9 Å². The van der Waals surface area contributed by atoms with Gasteiger partial charge in [-0.15, -0.1) is 0 Å². The zero-order chi connectivity index (χ0) is 14.4. The summed E-state index contributed by atoms with van der Waals surface area (Å²) >= 11 is 0. The molecule has 4 heteroatoms. The molecule has 1 aromatic carbocycles. The van der Waals surface area contributed by atoms with Crippen molar-refractivity contribution in [1.29, 1.82) is 0 Å². The molecule has 0 fully saturated rings. The predicted octanol–water partition coefficient (Wildman–Crippen LogP) is 2.72. The van der Waals surface area contributed by atoms with Gasteiger partial charge >= 0.3 is 0 Å². The lowest BCUT2D eigenvalue weighted by Crippen LogP contribution is -2.29. The van der Waals surface area contributed by atoms with Crippen molar-refractivity contribution in [3.8, 4) is 0 Å². The van der Waals surface area contributed by atoms with Crippen molar-refractivity contribution >= 4 is 5.91 Å². The second-order valence-electron chi connectivity index (χ2n) is 4.81. The summed E-state index contributed by atoms with van der Waals surface area (Å²) in [6.07, 6.45) is 4.02. The third-order valence-electron chi connectivity index (χ3n) is 3.09. The molecular weight excluding hydrogens is 255 g/mol. The van der Waals surface area contributed by atoms with Crippen molar-refractivity contribution < 1.29 is 9.18 Å². The highest BCUT2D eigenvalue weighted by atomic mass is 19.1. The van der Waals surface area contributed by atoms with Crippen LogP contribution in [0.2, 0.25) is 0 Å². The van der Waals surface area contributed by atoms with Gasteiger partial charge in [-0.2, -0.15) is 0 Å². The Hall–Kier alpha value is -2.23. The van der Waals surface area contributed by atoms with E-state index >= 15 is 0 Å². The minimum Gasteiger partial charge on any atom is -0.352 e.